The van der Waals surface area contributed by atoms with Gasteiger partial charge in [-0.25, -0.2) is 4.79 Å². The number of benzene rings is 1. The van der Waals surface area contributed by atoms with Crippen LogP contribution in [0.1, 0.15) is 30.6 Å². The van der Waals surface area contributed by atoms with E-state index in [1.54, 1.807) is 19.1 Å². The van der Waals surface area contributed by atoms with Gasteiger partial charge in [0.25, 0.3) is 0 Å². The van der Waals surface area contributed by atoms with E-state index in [9.17, 15) is 4.79 Å². The number of nitrogen functional groups attached to an aromatic ring is 1. The van der Waals surface area contributed by atoms with Crippen molar-refractivity contribution in [3.63, 3.8) is 0 Å². The monoisotopic (exact) mass is 293 g/mol. The highest BCUT2D eigenvalue weighted by Crippen LogP contribution is 2.25. The van der Waals surface area contributed by atoms with Gasteiger partial charge in [0.15, 0.2) is 0 Å². The Labute approximate surface area is 127 Å². The van der Waals surface area contributed by atoms with Crippen molar-refractivity contribution in [1.82, 2.24) is 4.90 Å². The minimum absolute atomic E-state index is 0.327. The molecule has 0 amide bonds. The maximum absolute atomic E-state index is 11.7. The third-order valence-electron chi connectivity index (χ3n) is 3.29. The summed E-state index contributed by atoms with van der Waals surface area (Å²) >= 11 is 0. The van der Waals surface area contributed by atoms with Crippen LogP contribution in [0.3, 0.4) is 0 Å². The lowest BCUT2D eigenvalue weighted by Gasteiger charge is -2.25. The number of nitrogens with two attached hydrogens (primary N) is 1. The first-order valence-electron chi connectivity index (χ1n) is 7.45. The molecule has 0 saturated carbocycles. The highest BCUT2D eigenvalue weighted by atomic mass is 16.5. The van der Waals surface area contributed by atoms with Crippen LogP contribution in [-0.2, 0) is 4.74 Å². The molecular weight excluding hydrogens is 266 g/mol. The summed E-state index contributed by atoms with van der Waals surface area (Å²) in [6, 6.07) is 5.38. The van der Waals surface area contributed by atoms with E-state index in [0.29, 0.717) is 17.9 Å². The molecule has 0 aliphatic carbocycles. The summed E-state index contributed by atoms with van der Waals surface area (Å²) in [6.45, 7) is 7.13. The van der Waals surface area contributed by atoms with Crippen LogP contribution in [0.4, 0.5) is 11.4 Å². The van der Waals surface area contributed by atoms with Crippen molar-refractivity contribution in [3.8, 4) is 0 Å². The van der Waals surface area contributed by atoms with Crippen molar-refractivity contribution in [2.45, 2.75) is 20.3 Å². The maximum Gasteiger partial charge on any atom is 0.338 e. The van der Waals surface area contributed by atoms with Gasteiger partial charge in [0.1, 0.15) is 0 Å². The number of hydrogen-bond donors (Lipinski definition) is 1. The topological polar surface area (TPSA) is 58.8 Å². The fraction of sp³-hybridized carbons (Fsp3) is 0.562. The lowest BCUT2D eigenvalue weighted by molar-refractivity contribution is 0.0526. The van der Waals surface area contributed by atoms with Gasteiger partial charge in [0.05, 0.1) is 23.5 Å². The highest BCUT2D eigenvalue weighted by Gasteiger charge is 2.12. The van der Waals surface area contributed by atoms with Gasteiger partial charge in [-0.05, 0) is 59.1 Å². The van der Waals surface area contributed by atoms with Crippen LogP contribution in [0.2, 0.25) is 0 Å². The lowest BCUT2D eigenvalue weighted by Crippen LogP contribution is -2.27. The number of hydrogen-bond acceptors (Lipinski definition) is 5. The van der Waals surface area contributed by atoms with Gasteiger partial charge in [0, 0.05) is 13.1 Å². The molecule has 0 radical (unpaired) electrons. The summed E-state index contributed by atoms with van der Waals surface area (Å²) in [5.74, 6) is -0.327. The molecule has 0 aliphatic rings. The molecule has 0 saturated heterocycles. The Morgan fingerprint density at radius 2 is 1.95 bits per heavy atom. The van der Waals surface area contributed by atoms with E-state index < -0.39 is 0 Å². The predicted molar refractivity (Wildman–Crippen MR) is 87.9 cm³/mol. The second-order valence-electron chi connectivity index (χ2n) is 5.23. The first kappa shape index (κ1) is 17.3. The van der Waals surface area contributed by atoms with Crippen molar-refractivity contribution >= 4 is 17.3 Å². The maximum atomic E-state index is 11.7. The van der Waals surface area contributed by atoms with E-state index >= 15 is 0 Å². The molecule has 0 heterocycles. The second-order valence-corrected chi connectivity index (χ2v) is 5.23. The van der Waals surface area contributed by atoms with E-state index in [-0.39, 0.29) is 5.97 Å². The Hall–Kier alpha value is -1.75. The van der Waals surface area contributed by atoms with Crippen molar-refractivity contribution < 1.29 is 9.53 Å². The number of rotatable bonds is 8. The number of ether oxygens (including phenoxy) is 1. The average molecular weight is 293 g/mol. The van der Waals surface area contributed by atoms with Gasteiger partial charge in [-0.1, -0.05) is 0 Å². The number of carbonyl (C=O) groups is 1. The first-order valence-corrected chi connectivity index (χ1v) is 7.45. The molecule has 1 aromatic carbocycles. The molecule has 5 nitrogen and oxygen atoms in total. The van der Waals surface area contributed by atoms with Gasteiger partial charge in [-0.15, -0.1) is 0 Å². The molecule has 0 aliphatic heterocycles. The largest absolute Gasteiger partial charge is 0.462 e. The SMILES string of the molecule is CCOC(=O)c1ccc(N(CC)CCCN(C)C)c(N)c1. The van der Waals surface area contributed by atoms with E-state index in [0.717, 1.165) is 31.7 Å². The summed E-state index contributed by atoms with van der Waals surface area (Å²) in [4.78, 5) is 16.1. The molecule has 0 fully saturated rings. The fourth-order valence-electron chi connectivity index (χ4n) is 2.21. The van der Waals surface area contributed by atoms with Crippen molar-refractivity contribution in [2.24, 2.45) is 0 Å². The Morgan fingerprint density at radius 3 is 2.48 bits per heavy atom. The lowest BCUT2D eigenvalue weighted by atomic mass is 10.1. The highest BCUT2D eigenvalue weighted by molar-refractivity contribution is 5.92. The summed E-state index contributed by atoms with van der Waals surface area (Å²) in [5.41, 5.74) is 8.20. The predicted octanol–water partition coefficient (Wildman–Crippen LogP) is 2.22. The number of nitrogens with zero attached hydrogens (tertiary/aromatic N) is 2. The normalized spacial score (nSPS) is 10.7. The molecule has 21 heavy (non-hydrogen) atoms. The van der Waals surface area contributed by atoms with Gasteiger partial charge in [-0.2, -0.15) is 0 Å². The molecule has 0 bridgehead atoms. The standard InChI is InChI=1S/C16H27N3O2/c1-5-19(11-7-10-18(3)4)15-9-8-13(12-14(15)17)16(20)21-6-2/h8-9,12H,5-7,10-11,17H2,1-4H3. The zero-order chi connectivity index (χ0) is 15.8. The number of carbonyl (C=O) groups excluding carboxylic acids is 1. The van der Waals surface area contributed by atoms with Crippen LogP contribution < -0.4 is 10.6 Å². The molecular formula is C16H27N3O2. The molecule has 118 valence electrons. The minimum Gasteiger partial charge on any atom is -0.462 e. The molecule has 0 atom stereocenters. The third-order valence-corrected chi connectivity index (χ3v) is 3.29. The Morgan fingerprint density at radius 1 is 1.24 bits per heavy atom. The third kappa shape index (κ3) is 5.27. The van der Waals surface area contributed by atoms with Crippen molar-refractivity contribution in [1.29, 1.82) is 0 Å². The van der Waals surface area contributed by atoms with Crippen LogP contribution in [0, 0.1) is 0 Å². The molecule has 1 rings (SSSR count). The van der Waals surface area contributed by atoms with Crippen molar-refractivity contribution in [2.75, 3.05) is 51.0 Å². The number of esters is 1. The van der Waals surface area contributed by atoms with E-state index in [1.807, 2.05) is 6.07 Å². The second kappa shape index (κ2) is 8.52. The minimum atomic E-state index is -0.327. The molecule has 2 N–H and O–H groups in total. The smallest absolute Gasteiger partial charge is 0.338 e. The quantitative estimate of drug-likeness (QED) is 0.588. The Kier molecular flexibility index (Phi) is 7.02. The van der Waals surface area contributed by atoms with Crippen LogP contribution in [0.15, 0.2) is 18.2 Å². The van der Waals surface area contributed by atoms with Gasteiger partial charge < -0.3 is 20.3 Å². The van der Waals surface area contributed by atoms with Gasteiger partial charge >= 0.3 is 5.97 Å². The van der Waals surface area contributed by atoms with Gasteiger partial charge in [0.2, 0.25) is 0 Å². The molecule has 1 aromatic rings. The van der Waals surface area contributed by atoms with E-state index in [4.69, 9.17) is 10.5 Å². The summed E-state index contributed by atoms with van der Waals surface area (Å²) in [7, 11) is 4.14. The fourth-order valence-corrected chi connectivity index (χ4v) is 2.21. The van der Waals surface area contributed by atoms with Crippen LogP contribution in [-0.4, -0.2) is 51.2 Å². The van der Waals surface area contributed by atoms with E-state index in [2.05, 4.69) is 30.8 Å². The number of anilines is 2. The van der Waals surface area contributed by atoms with E-state index in [1.165, 1.54) is 0 Å². The van der Waals surface area contributed by atoms with Crippen LogP contribution in [0.25, 0.3) is 0 Å². The first-order chi connectivity index (χ1) is 9.99. The Balaban J connectivity index is 2.78. The average Bonchev–Trinajstić information content (AvgIpc) is 2.44. The summed E-state index contributed by atoms with van der Waals surface area (Å²) in [5, 5.41) is 0. The zero-order valence-electron chi connectivity index (χ0n) is 13.6. The molecule has 0 aromatic heterocycles. The molecule has 0 unspecified atom stereocenters. The van der Waals surface area contributed by atoms with Crippen LogP contribution in [0.5, 0.6) is 0 Å². The summed E-state index contributed by atoms with van der Waals surface area (Å²) < 4.78 is 4.99. The van der Waals surface area contributed by atoms with Crippen molar-refractivity contribution in [3.05, 3.63) is 23.8 Å². The zero-order valence-corrected chi connectivity index (χ0v) is 13.6. The Bertz CT molecular complexity index is 461. The molecule has 0 spiro atoms. The van der Waals surface area contributed by atoms with Gasteiger partial charge in [-0.3, -0.25) is 0 Å². The van der Waals surface area contributed by atoms with Crippen LogP contribution >= 0.6 is 0 Å². The summed E-state index contributed by atoms with van der Waals surface area (Å²) in [6.07, 6.45) is 1.07. The molecule has 5 heteroatoms.